The lowest BCUT2D eigenvalue weighted by molar-refractivity contribution is 0.0934. The highest BCUT2D eigenvalue weighted by molar-refractivity contribution is 7.22. The second-order valence-electron chi connectivity index (χ2n) is 7.16. The van der Waals surface area contributed by atoms with Gasteiger partial charge in [0.05, 0.1) is 10.2 Å². The minimum Gasteiger partial charge on any atom is -0.357 e. The summed E-state index contributed by atoms with van der Waals surface area (Å²) in [6, 6.07) is 10.7. The number of aryl methyl sites for hydroxylation is 2. The van der Waals surface area contributed by atoms with Crippen LogP contribution in [0.3, 0.4) is 0 Å². The van der Waals surface area contributed by atoms with Crippen LogP contribution >= 0.6 is 11.3 Å². The fourth-order valence-electron chi connectivity index (χ4n) is 3.84. The smallest absolute Gasteiger partial charge is 0.252 e. The summed E-state index contributed by atoms with van der Waals surface area (Å²) in [6.45, 7) is 3.93. The second kappa shape index (κ2) is 7.27. The molecule has 2 N–H and O–H groups in total. The minimum absolute atomic E-state index is 0.0179. The molecule has 4 rings (SSSR count). The van der Waals surface area contributed by atoms with Gasteiger partial charge in [-0.15, -0.1) is 0 Å². The largest absolute Gasteiger partial charge is 0.357 e. The predicted octanol–water partition coefficient (Wildman–Crippen LogP) is 4.82. The van der Waals surface area contributed by atoms with E-state index < -0.39 is 0 Å². The SMILES string of the molecule is Cc1cccc(C)c1C(=O)NC1CCCC1Nc1nc2ccc(F)cc2s1. The van der Waals surface area contributed by atoms with Crippen molar-refractivity contribution in [3.63, 3.8) is 0 Å². The van der Waals surface area contributed by atoms with Crippen LogP contribution in [0.4, 0.5) is 9.52 Å². The van der Waals surface area contributed by atoms with E-state index in [1.165, 1.54) is 23.5 Å². The summed E-state index contributed by atoms with van der Waals surface area (Å²) >= 11 is 1.45. The Labute approximate surface area is 161 Å². The van der Waals surface area contributed by atoms with Crippen molar-refractivity contribution >= 4 is 32.6 Å². The number of rotatable bonds is 4. The predicted molar refractivity (Wildman–Crippen MR) is 108 cm³/mol. The number of benzene rings is 2. The summed E-state index contributed by atoms with van der Waals surface area (Å²) in [5.41, 5.74) is 3.53. The fourth-order valence-corrected chi connectivity index (χ4v) is 4.79. The standard InChI is InChI=1S/C21H22FN3OS/c1-12-5-3-6-13(2)19(12)20(26)23-15-7-4-8-16(15)24-21-25-17-10-9-14(22)11-18(17)27-21/h3,5-6,9-11,15-16H,4,7-8H2,1-2H3,(H,23,26)(H,24,25). The molecule has 6 heteroatoms. The zero-order valence-corrected chi connectivity index (χ0v) is 16.2. The van der Waals surface area contributed by atoms with Gasteiger partial charge in [-0.1, -0.05) is 29.5 Å². The van der Waals surface area contributed by atoms with Gasteiger partial charge in [0.25, 0.3) is 5.91 Å². The molecule has 0 spiro atoms. The summed E-state index contributed by atoms with van der Waals surface area (Å²) in [7, 11) is 0. The Kier molecular flexibility index (Phi) is 4.83. The summed E-state index contributed by atoms with van der Waals surface area (Å²) in [4.78, 5) is 17.4. The Morgan fingerprint density at radius 1 is 1.15 bits per heavy atom. The van der Waals surface area contributed by atoms with Crippen LogP contribution < -0.4 is 10.6 Å². The van der Waals surface area contributed by atoms with E-state index in [0.717, 1.165) is 51.3 Å². The monoisotopic (exact) mass is 383 g/mol. The normalized spacial score (nSPS) is 19.4. The number of fused-ring (bicyclic) bond motifs is 1. The first-order valence-corrected chi connectivity index (χ1v) is 10.0. The number of carbonyl (C=O) groups excluding carboxylic acids is 1. The van der Waals surface area contributed by atoms with E-state index in [-0.39, 0.29) is 23.8 Å². The highest BCUT2D eigenvalue weighted by Crippen LogP contribution is 2.30. The molecule has 140 valence electrons. The van der Waals surface area contributed by atoms with Crippen LogP contribution in [0.5, 0.6) is 0 Å². The van der Waals surface area contributed by atoms with Gasteiger partial charge in [0.2, 0.25) is 0 Å². The van der Waals surface area contributed by atoms with Crippen molar-refractivity contribution < 1.29 is 9.18 Å². The molecule has 1 heterocycles. The molecule has 1 amide bonds. The van der Waals surface area contributed by atoms with E-state index in [1.807, 2.05) is 32.0 Å². The molecule has 27 heavy (non-hydrogen) atoms. The van der Waals surface area contributed by atoms with Crippen LogP contribution in [0.1, 0.15) is 40.7 Å². The Balaban J connectivity index is 1.49. The van der Waals surface area contributed by atoms with Crippen molar-refractivity contribution in [3.8, 4) is 0 Å². The van der Waals surface area contributed by atoms with Gasteiger partial charge in [-0.3, -0.25) is 4.79 Å². The van der Waals surface area contributed by atoms with E-state index >= 15 is 0 Å². The van der Waals surface area contributed by atoms with Gasteiger partial charge >= 0.3 is 0 Å². The van der Waals surface area contributed by atoms with E-state index in [1.54, 1.807) is 6.07 Å². The maximum absolute atomic E-state index is 13.4. The third-order valence-electron chi connectivity index (χ3n) is 5.20. The van der Waals surface area contributed by atoms with Crippen molar-refractivity contribution in [2.45, 2.75) is 45.2 Å². The molecule has 3 aromatic rings. The first-order chi connectivity index (χ1) is 13.0. The van der Waals surface area contributed by atoms with Gasteiger partial charge in [-0.25, -0.2) is 9.37 Å². The Bertz CT molecular complexity index is 980. The molecular formula is C21H22FN3OS. The summed E-state index contributed by atoms with van der Waals surface area (Å²) in [6.07, 6.45) is 2.96. The summed E-state index contributed by atoms with van der Waals surface area (Å²) < 4.78 is 14.2. The number of halogens is 1. The van der Waals surface area contributed by atoms with Gasteiger partial charge in [-0.2, -0.15) is 0 Å². The van der Waals surface area contributed by atoms with Crippen LogP contribution in [0, 0.1) is 19.7 Å². The molecule has 1 saturated carbocycles. The van der Waals surface area contributed by atoms with Crippen molar-refractivity contribution in [2.75, 3.05) is 5.32 Å². The highest BCUT2D eigenvalue weighted by Gasteiger charge is 2.30. The maximum atomic E-state index is 13.4. The zero-order valence-electron chi connectivity index (χ0n) is 15.4. The topological polar surface area (TPSA) is 54.0 Å². The van der Waals surface area contributed by atoms with Crippen molar-refractivity contribution in [1.29, 1.82) is 0 Å². The van der Waals surface area contributed by atoms with E-state index in [9.17, 15) is 9.18 Å². The van der Waals surface area contributed by atoms with E-state index in [2.05, 4.69) is 15.6 Å². The van der Waals surface area contributed by atoms with Crippen molar-refractivity contribution in [1.82, 2.24) is 10.3 Å². The van der Waals surface area contributed by atoms with Gasteiger partial charge in [0.1, 0.15) is 5.82 Å². The molecule has 1 aliphatic carbocycles. The lowest BCUT2D eigenvalue weighted by Gasteiger charge is -2.22. The lowest BCUT2D eigenvalue weighted by Crippen LogP contribution is -2.43. The molecule has 2 aromatic carbocycles. The van der Waals surface area contributed by atoms with Crippen LogP contribution in [0.2, 0.25) is 0 Å². The number of aromatic nitrogens is 1. The van der Waals surface area contributed by atoms with Gasteiger partial charge in [0.15, 0.2) is 5.13 Å². The number of thiazole rings is 1. The average molecular weight is 383 g/mol. The van der Waals surface area contributed by atoms with Crippen molar-refractivity contribution in [2.24, 2.45) is 0 Å². The van der Waals surface area contributed by atoms with E-state index in [4.69, 9.17) is 0 Å². The van der Waals surface area contributed by atoms with Crippen LogP contribution in [-0.4, -0.2) is 23.0 Å². The molecule has 0 bridgehead atoms. The minimum atomic E-state index is -0.252. The number of hydrogen-bond acceptors (Lipinski definition) is 4. The summed E-state index contributed by atoms with van der Waals surface area (Å²) in [5, 5.41) is 7.43. The molecule has 0 saturated heterocycles. The molecule has 1 aromatic heterocycles. The van der Waals surface area contributed by atoms with Crippen LogP contribution in [0.15, 0.2) is 36.4 Å². The number of carbonyl (C=O) groups is 1. The number of nitrogens with one attached hydrogen (secondary N) is 2. The molecule has 1 fully saturated rings. The molecule has 2 unspecified atom stereocenters. The fraction of sp³-hybridized carbons (Fsp3) is 0.333. The van der Waals surface area contributed by atoms with Crippen molar-refractivity contribution in [3.05, 3.63) is 58.9 Å². The molecular weight excluding hydrogens is 361 g/mol. The number of anilines is 1. The third kappa shape index (κ3) is 3.67. The summed E-state index contributed by atoms with van der Waals surface area (Å²) in [5.74, 6) is -0.270. The average Bonchev–Trinajstić information content (AvgIpc) is 3.21. The maximum Gasteiger partial charge on any atom is 0.252 e. The third-order valence-corrected chi connectivity index (χ3v) is 6.15. The molecule has 0 aliphatic heterocycles. The second-order valence-corrected chi connectivity index (χ2v) is 8.19. The number of hydrogen-bond donors (Lipinski definition) is 2. The quantitative estimate of drug-likeness (QED) is 0.679. The Hall–Kier alpha value is -2.47. The first-order valence-electron chi connectivity index (χ1n) is 9.21. The number of amides is 1. The van der Waals surface area contributed by atoms with Gasteiger partial charge < -0.3 is 10.6 Å². The number of nitrogens with zero attached hydrogens (tertiary/aromatic N) is 1. The Morgan fingerprint density at radius 3 is 2.67 bits per heavy atom. The first kappa shape index (κ1) is 17.9. The van der Waals surface area contributed by atoms with Crippen LogP contribution in [-0.2, 0) is 0 Å². The zero-order chi connectivity index (χ0) is 19.0. The van der Waals surface area contributed by atoms with Gasteiger partial charge in [0, 0.05) is 17.6 Å². The molecule has 0 radical (unpaired) electrons. The van der Waals surface area contributed by atoms with E-state index in [0.29, 0.717) is 0 Å². The Morgan fingerprint density at radius 2 is 1.89 bits per heavy atom. The van der Waals surface area contributed by atoms with Crippen LogP contribution in [0.25, 0.3) is 10.2 Å². The van der Waals surface area contributed by atoms with Gasteiger partial charge in [-0.05, 0) is 62.4 Å². The lowest BCUT2D eigenvalue weighted by atomic mass is 10.0. The molecule has 1 aliphatic rings. The molecule has 2 atom stereocenters. The highest BCUT2D eigenvalue weighted by atomic mass is 32.1. The molecule has 4 nitrogen and oxygen atoms in total.